The maximum absolute atomic E-state index is 12.4. The van der Waals surface area contributed by atoms with Crippen molar-refractivity contribution in [3.63, 3.8) is 0 Å². The molecule has 6 heteroatoms. The van der Waals surface area contributed by atoms with Crippen molar-refractivity contribution in [1.29, 1.82) is 0 Å². The third kappa shape index (κ3) is 4.40. The number of carbonyl (C=O) groups is 2. The molecule has 2 amide bonds. The van der Waals surface area contributed by atoms with Crippen LogP contribution in [-0.2, 0) is 9.59 Å². The fourth-order valence-electron chi connectivity index (χ4n) is 2.86. The third-order valence-electron chi connectivity index (χ3n) is 4.41. The lowest BCUT2D eigenvalue weighted by atomic mass is 10.2. The Balaban J connectivity index is 1.65. The summed E-state index contributed by atoms with van der Waals surface area (Å²) in [5, 5.41) is 2.68. The SMILES string of the molecule is CCN1CCN(C(=O)C(=O)Nc2ccccc2Oc2ccccc2)CC1. The molecule has 1 aliphatic rings. The highest BCUT2D eigenvalue weighted by molar-refractivity contribution is 6.39. The Labute approximate surface area is 153 Å². The van der Waals surface area contributed by atoms with Crippen LogP contribution < -0.4 is 10.1 Å². The number of nitrogens with zero attached hydrogens (tertiary/aromatic N) is 2. The van der Waals surface area contributed by atoms with Crippen molar-refractivity contribution in [3.8, 4) is 11.5 Å². The van der Waals surface area contributed by atoms with Crippen molar-refractivity contribution in [2.45, 2.75) is 6.92 Å². The Morgan fingerprint density at radius 2 is 1.62 bits per heavy atom. The van der Waals surface area contributed by atoms with Gasteiger partial charge >= 0.3 is 11.8 Å². The molecule has 2 aromatic carbocycles. The second kappa shape index (κ2) is 8.49. The molecule has 1 saturated heterocycles. The number of hydrogen-bond acceptors (Lipinski definition) is 4. The van der Waals surface area contributed by atoms with E-state index in [2.05, 4.69) is 17.1 Å². The van der Waals surface area contributed by atoms with Crippen LogP contribution in [-0.4, -0.2) is 54.3 Å². The summed E-state index contributed by atoms with van der Waals surface area (Å²) >= 11 is 0. The number of carbonyl (C=O) groups excluding carboxylic acids is 2. The van der Waals surface area contributed by atoms with Crippen molar-refractivity contribution in [1.82, 2.24) is 9.80 Å². The molecule has 0 aliphatic carbocycles. The normalized spacial score (nSPS) is 14.7. The summed E-state index contributed by atoms with van der Waals surface area (Å²) in [4.78, 5) is 28.7. The zero-order valence-corrected chi connectivity index (χ0v) is 14.9. The summed E-state index contributed by atoms with van der Waals surface area (Å²) in [5.74, 6) is 0.0150. The maximum Gasteiger partial charge on any atom is 0.314 e. The first-order chi connectivity index (χ1) is 12.7. The standard InChI is InChI=1S/C20H23N3O3/c1-2-22-12-14-23(15-13-22)20(25)19(24)21-17-10-6-7-11-18(17)26-16-8-4-3-5-9-16/h3-11H,2,12-15H2,1H3,(H,21,24). The van der Waals surface area contributed by atoms with Crippen LogP contribution in [0.2, 0.25) is 0 Å². The Morgan fingerprint density at radius 1 is 0.962 bits per heavy atom. The Kier molecular flexibility index (Phi) is 5.86. The molecule has 0 radical (unpaired) electrons. The van der Waals surface area contributed by atoms with E-state index in [4.69, 9.17) is 4.74 Å². The first-order valence-electron chi connectivity index (χ1n) is 8.82. The minimum absolute atomic E-state index is 0.474. The summed E-state index contributed by atoms with van der Waals surface area (Å²) in [6.07, 6.45) is 0. The third-order valence-corrected chi connectivity index (χ3v) is 4.41. The van der Waals surface area contributed by atoms with Gasteiger partial charge in [-0.3, -0.25) is 9.59 Å². The topological polar surface area (TPSA) is 61.9 Å². The molecule has 1 N–H and O–H groups in total. The van der Waals surface area contributed by atoms with Gasteiger partial charge in [-0.1, -0.05) is 37.3 Å². The number of anilines is 1. The molecule has 0 unspecified atom stereocenters. The van der Waals surface area contributed by atoms with E-state index in [1.807, 2.05) is 36.4 Å². The molecule has 1 fully saturated rings. The van der Waals surface area contributed by atoms with E-state index in [0.29, 0.717) is 30.3 Å². The number of rotatable bonds is 4. The average Bonchev–Trinajstić information content (AvgIpc) is 2.69. The number of hydrogen-bond donors (Lipinski definition) is 1. The van der Waals surface area contributed by atoms with Crippen molar-refractivity contribution >= 4 is 17.5 Å². The number of likely N-dealkylation sites (N-methyl/N-ethyl adjacent to an activating group) is 1. The van der Waals surface area contributed by atoms with E-state index in [1.165, 1.54) is 0 Å². The number of para-hydroxylation sites is 3. The van der Waals surface area contributed by atoms with Crippen molar-refractivity contribution in [2.24, 2.45) is 0 Å². The van der Waals surface area contributed by atoms with Gasteiger partial charge in [0.25, 0.3) is 0 Å². The quantitative estimate of drug-likeness (QED) is 0.858. The Morgan fingerprint density at radius 3 is 2.31 bits per heavy atom. The van der Waals surface area contributed by atoms with Crippen molar-refractivity contribution < 1.29 is 14.3 Å². The van der Waals surface area contributed by atoms with Crippen LogP contribution in [0.1, 0.15) is 6.92 Å². The molecule has 0 spiro atoms. The molecule has 1 aliphatic heterocycles. The molecule has 3 rings (SSSR count). The lowest BCUT2D eigenvalue weighted by Crippen LogP contribution is -2.51. The van der Waals surface area contributed by atoms with Crippen LogP contribution in [0.25, 0.3) is 0 Å². The zero-order valence-electron chi connectivity index (χ0n) is 14.9. The predicted molar refractivity (Wildman–Crippen MR) is 100 cm³/mol. The molecular weight excluding hydrogens is 330 g/mol. The van der Waals surface area contributed by atoms with Gasteiger partial charge in [0.15, 0.2) is 5.75 Å². The number of ether oxygens (including phenoxy) is 1. The first-order valence-corrected chi connectivity index (χ1v) is 8.82. The highest BCUT2D eigenvalue weighted by Crippen LogP contribution is 2.29. The van der Waals surface area contributed by atoms with Gasteiger partial charge in [-0.25, -0.2) is 0 Å². The minimum atomic E-state index is -0.640. The average molecular weight is 353 g/mol. The van der Waals surface area contributed by atoms with E-state index in [-0.39, 0.29) is 0 Å². The summed E-state index contributed by atoms with van der Waals surface area (Å²) < 4.78 is 5.82. The fraction of sp³-hybridized carbons (Fsp3) is 0.300. The molecule has 1 heterocycles. The van der Waals surface area contributed by atoms with E-state index >= 15 is 0 Å². The lowest BCUT2D eigenvalue weighted by molar-refractivity contribution is -0.144. The fourth-order valence-corrected chi connectivity index (χ4v) is 2.86. The molecule has 0 atom stereocenters. The molecule has 0 aromatic heterocycles. The zero-order chi connectivity index (χ0) is 18.4. The molecule has 0 saturated carbocycles. The second-order valence-electron chi connectivity index (χ2n) is 6.09. The van der Waals surface area contributed by atoms with Gasteiger partial charge in [-0.15, -0.1) is 0 Å². The second-order valence-corrected chi connectivity index (χ2v) is 6.09. The number of piperazine rings is 1. The van der Waals surface area contributed by atoms with Gasteiger partial charge in [0.05, 0.1) is 5.69 Å². The van der Waals surface area contributed by atoms with E-state index in [9.17, 15) is 9.59 Å². The van der Waals surface area contributed by atoms with E-state index in [0.717, 1.165) is 19.6 Å². The van der Waals surface area contributed by atoms with Crippen LogP contribution in [0, 0.1) is 0 Å². The van der Waals surface area contributed by atoms with Crippen LogP contribution >= 0.6 is 0 Å². The summed E-state index contributed by atoms with van der Waals surface area (Å²) in [6.45, 7) is 5.78. The van der Waals surface area contributed by atoms with Gasteiger partial charge < -0.3 is 19.9 Å². The van der Waals surface area contributed by atoms with Crippen molar-refractivity contribution in [2.75, 3.05) is 38.0 Å². The monoisotopic (exact) mass is 353 g/mol. The van der Waals surface area contributed by atoms with Gasteiger partial charge in [0.2, 0.25) is 0 Å². The Hall–Kier alpha value is -2.86. The summed E-state index contributed by atoms with van der Waals surface area (Å²) in [5.41, 5.74) is 0.474. The molecular formula is C20H23N3O3. The van der Waals surface area contributed by atoms with Crippen molar-refractivity contribution in [3.05, 3.63) is 54.6 Å². The van der Waals surface area contributed by atoms with Gasteiger partial charge in [0.1, 0.15) is 5.75 Å². The van der Waals surface area contributed by atoms with E-state index < -0.39 is 11.8 Å². The number of benzene rings is 2. The van der Waals surface area contributed by atoms with Crippen LogP contribution in [0.4, 0.5) is 5.69 Å². The van der Waals surface area contributed by atoms with Crippen LogP contribution in [0.5, 0.6) is 11.5 Å². The molecule has 6 nitrogen and oxygen atoms in total. The first kappa shape index (κ1) is 17.9. The highest BCUT2D eigenvalue weighted by atomic mass is 16.5. The summed E-state index contributed by atoms with van der Waals surface area (Å²) in [6, 6.07) is 16.4. The van der Waals surface area contributed by atoms with Gasteiger partial charge in [0, 0.05) is 26.2 Å². The maximum atomic E-state index is 12.4. The van der Waals surface area contributed by atoms with Gasteiger partial charge in [-0.2, -0.15) is 0 Å². The predicted octanol–water partition coefficient (Wildman–Crippen LogP) is 2.58. The molecule has 26 heavy (non-hydrogen) atoms. The Bertz CT molecular complexity index is 756. The molecule has 2 aromatic rings. The van der Waals surface area contributed by atoms with Crippen LogP contribution in [0.3, 0.4) is 0 Å². The molecule has 136 valence electrons. The van der Waals surface area contributed by atoms with Crippen LogP contribution in [0.15, 0.2) is 54.6 Å². The van der Waals surface area contributed by atoms with E-state index in [1.54, 1.807) is 23.1 Å². The largest absolute Gasteiger partial charge is 0.455 e. The number of amides is 2. The molecule has 0 bridgehead atoms. The van der Waals surface area contributed by atoms with Gasteiger partial charge in [-0.05, 0) is 30.8 Å². The smallest absolute Gasteiger partial charge is 0.314 e. The summed E-state index contributed by atoms with van der Waals surface area (Å²) in [7, 11) is 0. The minimum Gasteiger partial charge on any atom is -0.455 e. The highest BCUT2D eigenvalue weighted by Gasteiger charge is 2.26. The number of nitrogens with one attached hydrogen (secondary N) is 1. The lowest BCUT2D eigenvalue weighted by Gasteiger charge is -2.33.